The lowest BCUT2D eigenvalue weighted by atomic mass is 10.1. The predicted molar refractivity (Wildman–Crippen MR) is 69.2 cm³/mol. The Bertz CT molecular complexity index is 435. The van der Waals surface area contributed by atoms with E-state index in [4.69, 9.17) is 4.74 Å². The number of rotatable bonds is 2. The molecular weight excluding hydrogens is 212 g/mol. The molecule has 17 heavy (non-hydrogen) atoms. The third kappa shape index (κ3) is 5.77. The first-order chi connectivity index (χ1) is 8.08. The first-order valence-corrected chi connectivity index (χ1v) is 5.73. The molecule has 0 radical (unpaired) electrons. The second-order valence-electron chi connectivity index (χ2n) is 4.31. The van der Waals surface area contributed by atoms with Crippen molar-refractivity contribution in [2.75, 3.05) is 6.61 Å². The van der Waals surface area contributed by atoms with Crippen molar-refractivity contribution in [1.29, 1.82) is 0 Å². The van der Waals surface area contributed by atoms with Crippen LogP contribution in [0.1, 0.15) is 33.6 Å². The van der Waals surface area contributed by atoms with Crippen molar-refractivity contribution in [1.82, 2.24) is 0 Å². The van der Waals surface area contributed by atoms with Crippen molar-refractivity contribution in [2.45, 2.75) is 33.6 Å². The fourth-order valence-corrected chi connectivity index (χ4v) is 1.34. The second-order valence-corrected chi connectivity index (χ2v) is 4.31. The van der Waals surface area contributed by atoms with E-state index in [1.54, 1.807) is 0 Å². The van der Waals surface area contributed by atoms with Gasteiger partial charge >= 0.3 is 5.97 Å². The molecule has 1 rings (SSSR count). The maximum absolute atomic E-state index is 10.8. The molecule has 0 aromatic rings. The van der Waals surface area contributed by atoms with Gasteiger partial charge in [-0.25, -0.2) is 0 Å². The molecular formula is C15H18O2. The molecule has 0 spiro atoms. The molecule has 0 atom stereocenters. The summed E-state index contributed by atoms with van der Waals surface area (Å²) in [7, 11) is 0. The van der Waals surface area contributed by atoms with E-state index in [1.807, 2.05) is 32.9 Å². The van der Waals surface area contributed by atoms with Crippen molar-refractivity contribution in [3.8, 4) is 11.8 Å². The number of allylic oxidation sites excluding steroid dienone is 5. The van der Waals surface area contributed by atoms with Gasteiger partial charge < -0.3 is 4.74 Å². The normalized spacial score (nSPS) is 17.5. The Kier molecular flexibility index (Phi) is 5.29. The average molecular weight is 230 g/mol. The van der Waals surface area contributed by atoms with Gasteiger partial charge in [-0.3, -0.25) is 4.79 Å². The van der Waals surface area contributed by atoms with Crippen LogP contribution in [0.15, 0.2) is 34.9 Å². The Morgan fingerprint density at radius 3 is 2.76 bits per heavy atom. The predicted octanol–water partition coefficient (Wildman–Crippen LogP) is 3.17. The molecule has 0 unspecified atom stereocenters. The molecule has 2 nitrogen and oxygen atoms in total. The molecule has 0 saturated carbocycles. The van der Waals surface area contributed by atoms with Crippen LogP contribution in [-0.4, -0.2) is 12.6 Å². The van der Waals surface area contributed by atoms with Gasteiger partial charge in [0.05, 0.1) is 6.42 Å². The highest BCUT2D eigenvalue weighted by atomic mass is 16.5. The van der Waals surface area contributed by atoms with Crippen LogP contribution in [0.25, 0.3) is 0 Å². The zero-order valence-corrected chi connectivity index (χ0v) is 10.7. The molecule has 1 saturated heterocycles. The number of hydrogen-bond donors (Lipinski definition) is 0. The largest absolute Gasteiger partial charge is 0.461 e. The van der Waals surface area contributed by atoms with Gasteiger partial charge in [-0.1, -0.05) is 29.6 Å². The molecule has 1 aliphatic heterocycles. The van der Waals surface area contributed by atoms with Gasteiger partial charge in [-0.05, 0) is 44.4 Å². The lowest BCUT2D eigenvalue weighted by Gasteiger charge is -1.90. The summed E-state index contributed by atoms with van der Waals surface area (Å²) in [4.78, 5) is 10.8. The zero-order valence-electron chi connectivity index (χ0n) is 10.7. The number of carbonyl (C=O) groups is 1. The SMILES string of the molecule is CC(C)=CC#CC(C)=CCC=C1COC(=O)C1. The summed E-state index contributed by atoms with van der Waals surface area (Å²) in [6, 6.07) is 0. The van der Waals surface area contributed by atoms with Crippen LogP contribution in [0.2, 0.25) is 0 Å². The highest BCUT2D eigenvalue weighted by Crippen LogP contribution is 2.13. The van der Waals surface area contributed by atoms with Crippen LogP contribution in [0, 0.1) is 11.8 Å². The molecule has 0 aromatic carbocycles. The van der Waals surface area contributed by atoms with Gasteiger partial charge in [0.25, 0.3) is 0 Å². The van der Waals surface area contributed by atoms with E-state index in [0.717, 1.165) is 17.6 Å². The minimum absolute atomic E-state index is 0.125. The van der Waals surface area contributed by atoms with Crippen LogP contribution in [0.5, 0.6) is 0 Å². The van der Waals surface area contributed by atoms with Gasteiger partial charge in [-0.15, -0.1) is 0 Å². The van der Waals surface area contributed by atoms with E-state index >= 15 is 0 Å². The zero-order chi connectivity index (χ0) is 12.7. The van der Waals surface area contributed by atoms with Crippen molar-refractivity contribution in [3.05, 3.63) is 34.9 Å². The van der Waals surface area contributed by atoms with Crippen LogP contribution in [0.4, 0.5) is 0 Å². The standard InChI is InChI=1S/C15H18O2/c1-12(2)6-4-7-13(3)8-5-9-14-10-15(16)17-11-14/h6,8-9H,5,10-11H2,1-3H3. The van der Waals surface area contributed by atoms with Crippen molar-refractivity contribution >= 4 is 5.97 Å². The van der Waals surface area contributed by atoms with Crippen LogP contribution < -0.4 is 0 Å². The summed E-state index contributed by atoms with van der Waals surface area (Å²) in [5.41, 5.74) is 3.31. The van der Waals surface area contributed by atoms with E-state index < -0.39 is 0 Å². The maximum Gasteiger partial charge on any atom is 0.310 e. The van der Waals surface area contributed by atoms with Gasteiger partial charge in [0.15, 0.2) is 0 Å². The highest BCUT2D eigenvalue weighted by Gasteiger charge is 2.15. The second kappa shape index (κ2) is 6.75. The molecule has 1 aliphatic rings. The molecule has 0 aromatic heterocycles. The van der Waals surface area contributed by atoms with Gasteiger partial charge in [0.2, 0.25) is 0 Å². The number of hydrogen-bond acceptors (Lipinski definition) is 2. The third-order valence-electron chi connectivity index (χ3n) is 2.25. The Hall–Kier alpha value is -1.75. The molecule has 0 amide bonds. The fourth-order valence-electron chi connectivity index (χ4n) is 1.34. The summed E-state index contributed by atoms with van der Waals surface area (Å²) in [5, 5.41) is 0. The van der Waals surface area contributed by atoms with Crippen molar-refractivity contribution in [2.24, 2.45) is 0 Å². The van der Waals surface area contributed by atoms with Gasteiger partial charge in [-0.2, -0.15) is 0 Å². The van der Waals surface area contributed by atoms with Crippen LogP contribution in [-0.2, 0) is 9.53 Å². The van der Waals surface area contributed by atoms with Crippen molar-refractivity contribution in [3.63, 3.8) is 0 Å². The molecule has 90 valence electrons. The molecule has 0 aliphatic carbocycles. The summed E-state index contributed by atoms with van der Waals surface area (Å²) < 4.78 is 4.85. The van der Waals surface area contributed by atoms with Crippen molar-refractivity contribution < 1.29 is 9.53 Å². The Morgan fingerprint density at radius 2 is 2.18 bits per heavy atom. The fraction of sp³-hybridized carbons (Fsp3) is 0.400. The molecule has 1 heterocycles. The summed E-state index contributed by atoms with van der Waals surface area (Å²) in [6.45, 7) is 6.49. The smallest absolute Gasteiger partial charge is 0.310 e. The Balaban J connectivity index is 2.45. The summed E-state index contributed by atoms with van der Waals surface area (Å²) in [5.74, 6) is 5.92. The molecule has 0 bridgehead atoms. The van der Waals surface area contributed by atoms with Gasteiger partial charge in [0, 0.05) is 0 Å². The number of cyclic esters (lactones) is 1. The summed E-state index contributed by atoms with van der Waals surface area (Å²) >= 11 is 0. The monoisotopic (exact) mass is 230 g/mol. The van der Waals surface area contributed by atoms with E-state index in [1.165, 1.54) is 5.57 Å². The number of esters is 1. The maximum atomic E-state index is 10.8. The molecule has 2 heteroatoms. The van der Waals surface area contributed by atoms with E-state index in [9.17, 15) is 4.79 Å². The van der Waals surface area contributed by atoms with E-state index in [-0.39, 0.29) is 5.97 Å². The third-order valence-corrected chi connectivity index (χ3v) is 2.25. The Labute approximate surface area is 103 Å². The minimum Gasteiger partial charge on any atom is -0.461 e. The topological polar surface area (TPSA) is 26.3 Å². The van der Waals surface area contributed by atoms with Crippen LogP contribution >= 0.6 is 0 Å². The minimum atomic E-state index is -0.125. The lowest BCUT2D eigenvalue weighted by Crippen LogP contribution is -1.88. The van der Waals surface area contributed by atoms with Gasteiger partial charge in [0.1, 0.15) is 6.61 Å². The average Bonchev–Trinajstić information content (AvgIpc) is 2.63. The number of carbonyl (C=O) groups excluding carboxylic acids is 1. The van der Waals surface area contributed by atoms with E-state index in [0.29, 0.717) is 13.0 Å². The van der Waals surface area contributed by atoms with E-state index in [2.05, 4.69) is 17.9 Å². The first kappa shape index (κ1) is 13.3. The molecule has 1 fully saturated rings. The first-order valence-electron chi connectivity index (χ1n) is 5.73. The lowest BCUT2D eigenvalue weighted by molar-refractivity contribution is -0.137. The number of ether oxygens (including phenoxy) is 1. The summed E-state index contributed by atoms with van der Waals surface area (Å²) in [6.07, 6.45) is 7.25. The van der Waals surface area contributed by atoms with Crippen LogP contribution in [0.3, 0.4) is 0 Å². The quantitative estimate of drug-likeness (QED) is 0.414. The highest BCUT2D eigenvalue weighted by molar-refractivity contribution is 5.75. The molecule has 0 N–H and O–H groups in total. The Morgan fingerprint density at radius 1 is 1.41 bits per heavy atom.